The fraction of sp³-hybridized carbons (Fsp3) is 0.500. The maximum absolute atomic E-state index is 6.06. The molecule has 1 aromatic rings. The minimum Gasteiger partial charge on any atom is -0.381 e. The van der Waals surface area contributed by atoms with Crippen LogP contribution in [0.25, 0.3) is 0 Å². The molecule has 1 saturated heterocycles. The molecule has 94 valence electrons. The smallest absolute Gasteiger partial charge is 0.0500 e. The second kappa shape index (κ2) is 6.33. The third-order valence-corrected chi connectivity index (χ3v) is 4.43. The minimum absolute atomic E-state index is 0.157. The summed E-state index contributed by atoms with van der Waals surface area (Å²) in [5.74, 6) is 6.23. The Kier molecular flexibility index (Phi) is 5.05. The molecule has 1 aliphatic rings. The van der Waals surface area contributed by atoms with Crippen LogP contribution in [0.3, 0.4) is 0 Å². The predicted octanol–water partition coefficient (Wildman–Crippen LogP) is 2.88. The quantitative estimate of drug-likeness (QED) is 0.491. The molecule has 2 rings (SSSR count). The topological polar surface area (TPSA) is 47.3 Å². The molecular formula is C12H16ClIN2O. The van der Waals surface area contributed by atoms with Crippen LogP contribution >= 0.6 is 34.2 Å². The van der Waals surface area contributed by atoms with Crippen LogP contribution in [-0.2, 0) is 4.74 Å². The van der Waals surface area contributed by atoms with Crippen LogP contribution < -0.4 is 11.3 Å². The number of nitrogens with one attached hydrogen (secondary N) is 1. The van der Waals surface area contributed by atoms with Crippen molar-refractivity contribution >= 4 is 34.2 Å². The van der Waals surface area contributed by atoms with Gasteiger partial charge in [0.1, 0.15) is 0 Å². The molecule has 1 unspecified atom stereocenters. The Morgan fingerprint density at radius 1 is 1.41 bits per heavy atom. The molecule has 1 heterocycles. The second-order valence-corrected chi connectivity index (χ2v) is 5.86. The van der Waals surface area contributed by atoms with E-state index in [4.69, 9.17) is 22.2 Å². The van der Waals surface area contributed by atoms with Crippen LogP contribution in [-0.4, -0.2) is 13.2 Å². The van der Waals surface area contributed by atoms with Gasteiger partial charge in [0.2, 0.25) is 0 Å². The van der Waals surface area contributed by atoms with Gasteiger partial charge in [-0.2, -0.15) is 0 Å². The lowest BCUT2D eigenvalue weighted by Gasteiger charge is -2.30. The first-order valence-electron chi connectivity index (χ1n) is 5.71. The first kappa shape index (κ1) is 13.5. The minimum atomic E-state index is 0.157. The van der Waals surface area contributed by atoms with E-state index in [9.17, 15) is 0 Å². The van der Waals surface area contributed by atoms with E-state index in [1.165, 1.54) is 9.13 Å². The molecule has 0 saturated carbocycles. The molecular weight excluding hydrogens is 351 g/mol. The van der Waals surface area contributed by atoms with Crippen LogP contribution in [0.2, 0.25) is 5.02 Å². The van der Waals surface area contributed by atoms with Crippen LogP contribution in [0, 0.1) is 9.49 Å². The number of rotatable bonds is 3. The van der Waals surface area contributed by atoms with Crippen molar-refractivity contribution in [1.82, 2.24) is 5.43 Å². The largest absolute Gasteiger partial charge is 0.381 e. The number of nitrogens with two attached hydrogens (primary N) is 1. The number of ether oxygens (including phenoxy) is 1. The Morgan fingerprint density at radius 3 is 2.76 bits per heavy atom. The Hall–Kier alpha value is 0.120. The van der Waals surface area contributed by atoms with Crippen molar-refractivity contribution in [3.8, 4) is 0 Å². The summed E-state index contributed by atoms with van der Waals surface area (Å²) in [6.07, 6.45) is 2.08. The second-order valence-electron chi connectivity index (χ2n) is 4.26. The van der Waals surface area contributed by atoms with Crippen LogP contribution in [0.5, 0.6) is 0 Å². The average Bonchev–Trinajstić information content (AvgIpc) is 2.36. The average molecular weight is 367 g/mol. The van der Waals surface area contributed by atoms with E-state index >= 15 is 0 Å². The molecule has 3 nitrogen and oxygen atoms in total. The summed E-state index contributed by atoms with van der Waals surface area (Å²) in [5, 5.41) is 0.757. The molecule has 17 heavy (non-hydrogen) atoms. The van der Waals surface area contributed by atoms with Gasteiger partial charge < -0.3 is 4.74 Å². The number of hydrogen-bond acceptors (Lipinski definition) is 3. The molecule has 0 bridgehead atoms. The van der Waals surface area contributed by atoms with Crippen molar-refractivity contribution in [3.63, 3.8) is 0 Å². The van der Waals surface area contributed by atoms with Gasteiger partial charge >= 0.3 is 0 Å². The number of benzene rings is 1. The Morgan fingerprint density at radius 2 is 2.12 bits per heavy atom. The highest BCUT2D eigenvalue weighted by molar-refractivity contribution is 14.1. The third-order valence-electron chi connectivity index (χ3n) is 3.21. The van der Waals surface area contributed by atoms with Crippen LogP contribution in [0.4, 0.5) is 0 Å². The molecule has 3 N–H and O–H groups in total. The van der Waals surface area contributed by atoms with Crippen molar-refractivity contribution in [2.75, 3.05) is 13.2 Å². The fourth-order valence-electron chi connectivity index (χ4n) is 2.28. The predicted molar refractivity (Wildman–Crippen MR) is 77.8 cm³/mol. The summed E-state index contributed by atoms with van der Waals surface area (Å²) in [4.78, 5) is 0. The maximum Gasteiger partial charge on any atom is 0.0500 e. The molecule has 0 aromatic heterocycles. The summed E-state index contributed by atoms with van der Waals surface area (Å²) in [5.41, 5.74) is 4.12. The van der Waals surface area contributed by atoms with Gasteiger partial charge in [0.25, 0.3) is 0 Å². The van der Waals surface area contributed by atoms with Crippen molar-refractivity contribution < 1.29 is 4.74 Å². The van der Waals surface area contributed by atoms with Crippen LogP contribution in [0.1, 0.15) is 24.4 Å². The normalized spacial score (nSPS) is 19.2. The van der Waals surface area contributed by atoms with E-state index in [0.717, 1.165) is 31.1 Å². The van der Waals surface area contributed by atoms with Crippen molar-refractivity contribution in [2.24, 2.45) is 11.8 Å². The molecule has 1 aliphatic heterocycles. The highest BCUT2D eigenvalue weighted by atomic mass is 127. The van der Waals surface area contributed by atoms with Crippen molar-refractivity contribution in [2.45, 2.75) is 18.9 Å². The molecule has 5 heteroatoms. The van der Waals surface area contributed by atoms with Gasteiger partial charge in [0.15, 0.2) is 0 Å². The van der Waals surface area contributed by atoms with E-state index in [-0.39, 0.29) is 6.04 Å². The highest BCUT2D eigenvalue weighted by Gasteiger charge is 2.26. The molecule has 0 amide bonds. The molecule has 1 aromatic carbocycles. The van der Waals surface area contributed by atoms with E-state index in [0.29, 0.717) is 5.92 Å². The maximum atomic E-state index is 6.06. The van der Waals surface area contributed by atoms with Crippen molar-refractivity contribution in [3.05, 3.63) is 32.4 Å². The fourth-order valence-corrected chi connectivity index (χ4v) is 3.13. The summed E-state index contributed by atoms with van der Waals surface area (Å²) < 4.78 is 6.58. The summed E-state index contributed by atoms with van der Waals surface area (Å²) in [6, 6.07) is 6.10. The summed E-state index contributed by atoms with van der Waals surface area (Å²) in [7, 11) is 0. The van der Waals surface area contributed by atoms with E-state index in [1.807, 2.05) is 18.2 Å². The Balaban J connectivity index is 2.24. The van der Waals surface area contributed by atoms with E-state index in [2.05, 4.69) is 28.0 Å². The van der Waals surface area contributed by atoms with Crippen LogP contribution in [0.15, 0.2) is 18.2 Å². The zero-order valence-corrected chi connectivity index (χ0v) is 12.4. The van der Waals surface area contributed by atoms with E-state index in [1.54, 1.807) is 0 Å². The van der Waals surface area contributed by atoms with Crippen molar-refractivity contribution in [1.29, 1.82) is 0 Å². The Bertz CT molecular complexity index is 383. The monoisotopic (exact) mass is 366 g/mol. The highest BCUT2D eigenvalue weighted by Crippen LogP contribution is 2.33. The molecule has 1 fully saturated rings. The van der Waals surface area contributed by atoms with Gasteiger partial charge in [-0.15, -0.1) is 0 Å². The summed E-state index contributed by atoms with van der Waals surface area (Å²) in [6.45, 7) is 1.64. The molecule has 1 atom stereocenters. The first-order valence-corrected chi connectivity index (χ1v) is 7.17. The van der Waals surface area contributed by atoms with Gasteiger partial charge in [-0.05, 0) is 65.1 Å². The van der Waals surface area contributed by atoms with Gasteiger partial charge in [-0.3, -0.25) is 11.3 Å². The van der Waals surface area contributed by atoms with Gasteiger partial charge in [-0.25, -0.2) is 0 Å². The van der Waals surface area contributed by atoms with Gasteiger partial charge in [0.05, 0.1) is 6.04 Å². The molecule has 0 spiro atoms. The SMILES string of the molecule is NNC(c1cc(Cl)ccc1I)C1CCOCC1. The van der Waals surface area contributed by atoms with Gasteiger partial charge in [-0.1, -0.05) is 11.6 Å². The molecule has 0 radical (unpaired) electrons. The lowest BCUT2D eigenvalue weighted by molar-refractivity contribution is 0.0535. The zero-order valence-electron chi connectivity index (χ0n) is 9.46. The first-order chi connectivity index (χ1) is 8.22. The number of hydrogen-bond donors (Lipinski definition) is 2. The lowest BCUT2D eigenvalue weighted by Crippen LogP contribution is -2.36. The van der Waals surface area contributed by atoms with E-state index < -0.39 is 0 Å². The lowest BCUT2D eigenvalue weighted by atomic mass is 9.87. The third kappa shape index (κ3) is 3.32. The number of halogens is 2. The number of hydrazine groups is 1. The summed E-state index contributed by atoms with van der Waals surface area (Å²) >= 11 is 8.39. The molecule has 0 aliphatic carbocycles. The standard InChI is InChI=1S/C12H16ClIN2O/c13-9-1-2-11(14)10(7-9)12(16-15)8-3-5-17-6-4-8/h1-2,7-8,12,16H,3-6,15H2. The zero-order chi connectivity index (χ0) is 12.3. The Labute approximate surface area is 120 Å². The van der Waals surface area contributed by atoms with Gasteiger partial charge in [0, 0.05) is 21.8 Å².